The zero-order chi connectivity index (χ0) is 15.0. The maximum atomic E-state index is 6.62. The standard InChI is InChI=1S/C18H19Cl2N/c1-18(21,16-11-15(19)8-9-17(16)20)14-7-6-12-4-2-3-5-13(12)10-14/h6-11H,2-5,21H2,1H3. The van der Waals surface area contributed by atoms with Gasteiger partial charge in [0, 0.05) is 10.0 Å². The number of halogens is 2. The van der Waals surface area contributed by atoms with E-state index in [9.17, 15) is 0 Å². The highest BCUT2D eigenvalue weighted by molar-refractivity contribution is 6.33. The molecular weight excluding hydrogens is 301 g/mol. The Balaban J connectivity index is 2.07. The molecule has 0 heterocycles. The molecule has 2 N–H and O–H groups in total. The van der Waals surface area contributed by atoms with Crippen molar-refractivity contribution in [1.82, 2.24) is 0 Å². The fourth-order valence-corrected chi connectivity index (χ4v) is 3.59. The van der Waals surface area contributed by atoms with Gasteiger partial charge >= 0.3 is 0 Å². The van der Waals surface area contributed by atoms with Gasteiger partial charge in [0.2, 0.25) is 0 Å². The summed E-state index contributed by atoms with van der Waals surface area (Å²) in [6.45, 7) is 2.00. The summed E-state index contributed by atoms with van der Waals surface area (Å²) in [7, 11) is 0. The molecule has 2 aromatic carbocycles. The van der Waals surface area contributed by atoms with E-state index in [1.807, 2.05) is 19.1 Å². The molecule has 0 amide bonds. The van der Waals surface area contributed by atoms with Crippen LogP contribution in [0.15, 0.2) is 36.4 Å². The molecule has 110 valence electrons. The Bertz CT molecular complexity index is 677. The van der Waals surface area contributed by atoms with Crippen LogP contribution in [0.3, 0.4) is 0 Å². The van der Waals surface area contributed by atoms with Crippen molar-refractivity contribution in [3.63, 3.8) is 0 Å². The lowest BCUT2D eigenvalue weighted by Gasteiger charge is -2.29. The molecule has 21 heavy (non-hydrogen) atoms. The molecule has 2 aromatic rings. The van der Waals surface area contributed by atoms with Crippen molar-refractivity contribution >= 4 is 23.2 Å². The van der Waals surface area contributed by atoms with Crippen LogP contribution in [0, 0.1) is 0 Å². The van der Waals surface area contributed by atoms with E-state index in [0.717, 1.165) is 17.5 Å². The molecule has 0 aliphatic heterocycles. The van der Waals surface area contributed by atoms with Gasteiger partial charge in [-0.1, -0.05) is 41.4 Å². The Labute approximate surface area is 136 Å². The van der Waals surface area contributed by atoms with Gasteiger partial charge in [-0.05, 0) is 73.1 Å². The summed E-state index contributed by atoms with van der Waals surface area (Å²) in [5, 5.41) is 1.31. The predicted octanol–water partition coefficient (Wildman–Crippen LogP) is 5.09. The van der Waals surface area contributed by atoms with Crippen molar-refractivity contribution in [2.75, 3.05) is 0 Å². The summed E-state index contributed by atoms with van der Waals surface area (Å²) in [6, 6.07) is 12.0. The van der Waals surface area contributed by atoms with Gasteiger partial charge in [0.05, 0.1) is 5.54 Å². The molecule has 0 spiro atoms. The Morgan fingerprint density at radius 3 is 2.43 bits per heavy atom. The minimum Gasteiger partial charge on any atom is -0.318 e. The van der Waals surface area contributed by atoms with Crippen molar-refractivity contribution in [3.8, 4) is 0 Å². The molecule has 1 aliphatic carbocycles. The number of aryl methyl sites for hydroxylation is 2. The Hall–Kier alpha value is -1.02. The second kappa shape index (κ2) is 5.64. The Morgan fingerprint density at radius 2 is 1.67 bits per heavy atom. The van der Waals surface area contributed by atoms with Crippen LogP contribution in [0.1, 0.15) is 42.0 Å². The van der Waals surface area contributed by atoms with E-state index < -0.39 is 5.54 Å². The Morgan fingerprint density at radius 1 is 0.952 bits per heavy atom. The topological polar surface area (TPSA) is 26.0 Å². The van der Waals surface area contributed by atoms with Gasteiger partial charge in [-0.2, -0.15) is 0 Å². The fraction of sp³-hybridized carbons (Fsp3) is 0.333. The summed E-state index contributed by atoms with van der Waals surface area (Å²) >= 11 is 12.4. The van der Waals surface area contributed by atoms with Gasteiger partial charge in [0.1, 0.15) is 0 Å². The number of nitrogens with two attached hydrogens (primary N) is 1. The van der Waals surface area contributed by atoms with Crippen LogP contribution in [-0.2, 0) is 18.4 Å². The third-order valence-corrected chi connectivity index (χ3v) is 5.00. The normalized spacial score (nSPS) is 17.1. The van der Waals surface area contributed by atoms with Gasteiger partial charge in [0.25, 0.3) is 0 Å². The summed E-state index contributed by atoms with van der Waals surface area (Å²) < 4.78 is 0. The molecule has 0 radical (unpaired) electrons. The maximum absolute atomic E-state index is 6.62. The molecule has 1 nitrogen and oxygen atoms in total. The molecular formula is C18H19Cl2N. The average molecular weight is 320 g/mol. The van der Waals surface area contributed by atoms with Crippen LogP contribution in [0.4, 0.5) is 0 Å². The lowest BCUT2D eigenvalue weighted by atomic mass is 9.82. The van der Waals surface area contributed by atoms with Crippen LogP contribution in [0.5, 0.6) is 0 Å². The van der Waals surface area contributed by atoms with E-state index in [0.29, 0.717) is 10.0 Å². The van der Waals surface area contributed by atoms with Crippen LogP contribution in [0.2, 0.25) is 10.0 Å². The largest absolute Gasteiger partial charge is 0.318 e. The highest BCUT2D eigenvalue weighted by Gasteiger charge is 2.27. The summed E-state index contributed by atoms with van der Waals surface area (Å²) in [5.74, 6) is 0. The van der Waals surface area contributed by atoms with Crippen molar-refractivity contribution in [2.45, 2.75) is 38.1 Å². The van der Waals surface area contributed by atoms with E-state index in [1.165, 1.54) is 30.4 Å². The number of hydrogen-bond donors (Lipinski definition) is 1. The summed E-state index contributed by atoms with van der Waals surface area (Å²) in [5.41, 5.74) is 10.8. The number of benzene rings is 2. The van der Waals surface area contributed by atoms with Crippen molar-refractivity contribution in [1.29, 1.82) is 0 Å². The molecule has 0 saturated heterocycles. The van der Waals surface area contributed by atoms with Crippen LogP contribution in [0.25, 0.3) is 0 Å². The van der Waals surface area contributed by atoms with Crippen molar-refractivity contribution in [2.24, 2.45) is 5.73 Å². The van der Waals surface area contributed by atoms with E-state index in [4.69, 9.17) is 28.9 Å². The Kier molecular flexibility index (Phi) is 4.00. The van der Waals surface area contributed by atoms with E-state index >= 15 is 0 Å². The zero-order valence-corrected chi connectivity index (χ0v) is 13.6. The lowest BCUT2D eigenvalue weighted by molar-refractivity contribution is 0.598. The molecule has 0 aromatic heterocycles. The van der Waals surface area contributed by atoms with Crippen LogP contribution in [-0.4, -0.2) is 0 Å². The quantitative estimate of drug-likeness (QED) is 0.819. The molecule has 0 bridgehead atoms. The molecule has 0 fully saturated rings. The monoisotopic (exact) mass is 319 g/mol. The van der Waals surface area contributed by atoms with Gasteiger partial charge in [-0.15, -0.1) is 0 Å². The first-order valence-electron chi connectivity index (χ1n) is 7.35. The average Bonchev–Trinajstić information content (AvgIpc) is 2.49. The lowest BCUT2D eigenvalue weighted by Crippen LogP contribution is -2.35. The predicted molar refractivity (Wildman–Crippen MR) is 90.2 cm³/mol. The first-order valence-corrected chi connectivity index (χ1v) is 8.11. The maximum Gasteiger partial charge on any atom is 0.0652 e. The molecule has 3 heteroatoms. The first kappa shape index (κ1) is 14.9. The molecule has 1 aliphatic rings. The van der Waals surface area contributed by atoms with Gasteiger partial charge in [-0.3, -0.25) is 0 Å². The number of fused-ring (bicyclic) bond motifs is 1. The smallest absolute Gasteiger partial charge is 0.0652 e. The highest BCUT2D eigenvalue weighted by Crippen LogP contribution is 2.35. The van der Waals surface area contributed by atoms with Gasteiger partial charge in [-0.25, -0.2) is 0 Å². The number of hydrogen-bond acceptors (Lipinski definition) is 1. The summed E-state index contributed by atoms with van der Waals surface area (Å²) in [4.78, 5) is 0. The minimum atomic E-state index is -0.644. The molecule has 1 atom stereocenters. The second-order valence-corrected chi connectivity index (χ2v) is 6.86. The van der Waals surface area contributed by atoms with Crippen molar-refractivity contribution in [3.05, 3.63) is 68.7 Å². The van der Waals surface area contributed by atoms with E-state index in [2.05, 4.69) is 18.2 Å². The fourth-order valence-electron chi connectivity index (χ4n) is 3.11. The van der Waals surface area contributed by atoms with E-state index in [-0.39, 0.29) is 0 Å². The molecule has 3 rings (SSSR count). The summed E-state index contributed by atoms with van der Waals surface area (Å²) in [6.07, 6.45) is 4.86. The van der Waals surface area contributed by atoms with Crippen LogP contribution >= 0.6 is 23.2 Å². The van der Waals surface area contributed by atoms with Gasteiger partial charge < -0.3 is 5.73 Å². The third kappa shape index (κ3) is 2.83. The van der Waals surface area contributed by atoms with E-state index in [1.54, 1.807) is 6.07 Å². The third-order valence-electron chi connectivity index (χ3n) is 4.44. The van der Waals surface area contributed by atoms with Crippen LogP contribution < -0.4 is 5.73 Å². The minimum absolute atomic E-state index is 0.644. The second-order valence-electron chi connectivity index (χ2n) is 6.02. The molecule has 0 saturated carbocycles. The SMILES string of the molecule is CC(N)(c1ccc2c(c1)CCCC2)c1cc(Cl)ccc1Cl. The highest BCUT2D eigenvalue weighted by atomic mass is 35.5. The molecule has 1 unspecified atom stereocenters. The van der Waals surface area contributed by atoms with Crippen molar-refractivity contribution < 1.29 is 0 Å². The van der Waals surface area contributed by atoms with Gasteiger partial charge in [0.15, 0.2) is 0 Å². The number of rotatable bonds is 2. The zero-order valence-electron chi connectivity index (χ0n) is 12.1. The first-order chi connectivity index (χ1) is 9.98.